The summed E-state index contributed by atoms with van der Waals surface area (Å²) < 4.78 is 1.86. The first-order chi connectivity index (χ1) is 7.68. The SMILES string of the molecule is CC[C@](O)(c1ccccc1)c1nccn1C. The molecule has 0 saturated heterocycles. The number of rotatable bonds is 3. The van der Waals surface area contributed by atoms with Crippen molar-refractivity contribution >= 4 is 0 Å². The molecular weight excluding hydrogens is 200 g/mol. The highest BCUT2D eigenvalue weighted by molar-refractivity contribution is 5.29. The van der Waals surface area contributed by atoms with Crippen LogP contribution in [0.2, 0.25) is 0 Å². The summed E-state index contributed by atoms with van der Waals surface area (Å²) in [7, 11) is 1.89. The Labute approximate surface area is 95.4 Å². The monoisotopic (exact) mass is 216 g/mol. The van der Waals surface area contributed by atoms with Gasteiger partial charge in [0.25, 0.3) is 0 Å². The van der Waals surface area contributed by atoms with Crippen molar-refractivity contribution < 1.29 is 5.11 Å². The van der Waals surface area contributed by atoms with Gasteiger partial charge in [-0.1, -0.05) is 37.3 Å². The molecule has 0 radical (unpaired) electrons. The fourth-order valence-corrected chi connectivity index (χ4v) is 1.97. The third-order valence-electron chi connectivity index (χ3n) is 2.95. The van der Waals surface area contributed by atoms with Gasteiger partial charge in [-0.05, 0) is 12.0 Å². The highest BCUT2D eigenvalue weighted by Crippen LogP contribution is 2.30. The van der Waals surface area contributed by atoms with Crippen molar-refractivity contribution in [2.45, 2.75) is 18.9 Å². The molecule has 2 aromatic rings. The highest BCUT2D eigenvalue weighted by atomic mass is 16.3. The van der Waals surface area contributed by atoms with Crippen LogP contribution >= 0.6 is 0 Å². The zero-order valence-electron chi connectivity index (χ0n) is 9.59. The van der Waals surface area contributed by atoms with E-state index in [0.29, 0.717) is 12.2 Å². The summed E-state index contributed by atoms with van der Waals surface area (Å²) >= 11 is 0. The topological polar surface area (TPSA) is 38.1 Å². The molecule has 0 spiro atoms. The molecule has 1 N–H and O–H groups in total. The van der Waals surface area contributed by atoms with Gasteiger partial charge in [-0.25, -0.2) is 4.98 Å². The van der Waals surface area contributed by atoms with E-state index in [0.717, 1.165) is 5.56 Å². The van der Waals surface area contributed by atoms with E-state index in [2.05, 4.69) is 4.98 Å². The zero-order chi connectivity index (χ0) is 11.6. The van der Waals surface area contributed by atoms with Gasteiger partial charge < -0.3 is 9.67 Å². The molecule has 3 nitrogen and oxygen atoms in total. The lowest BCUT2D eigenvalue weighted by Crippen LogP contribution is -2.29. The van der Waals surface area contributed by atoms with Crippen LogP contribution in [-0.2, 0) is 12.6 Å². The minimum absolute atomic E-state index is 0.599. The molecule has 0 aliphatic rings. The lowest BCUT2D eigenvalue weighted by atomic mass is 9.90. The van der Waals surface area contributed by atoms with E-state index in [1.54, 1.807) is 6.20 Å². The Morgan fingerprint density at radius 3 is 2.50 bits per heavy atom. The average Bonchev–Trinajstić information content (AvgIpc) is 2.76. The Kier molecular flexibility index (Phi) is 2.79. The van der Waals surface area contributed by atoms with Crippen LogP contribution in [0, 0.1) is 0 Å². The quantitative estimate of drug-likeness (QED) is 0.853. The molecule has 84 valence electrons. The summed E-state index contributed by atoms with van der Waals surface area (Å²) in [6.45, 7) is 1.96. The van der Waals surface area contributed by atoms with Crippen LogP contribution in [0.5, 0.6) is 0 Å². The number of aromatic nitrogens is 2. The van der Waals surface area contributed by atoms with Crippen LogP contribution in [0.1, 0.15) is 24.7 Å². The summed E-state index contributed by atoms with van der Waals surface area (Å²) in [5.74, 6) is 0.682. The lowest BCUT2D eigenvalue weighted by molar-refractivity contribution is 0.0641. The summed E-state index contributed by atoms with van der Waals surface area (Å²) in [6, 6.07) is 9.66. The van der Waals surface area contributed by atoms with Crippen molar-refractivity contribution in [2.75, 3.05) is 0 Å². The van der Waals surface area contributed by atoms with E-state index in [4.69, 9.17) is 0 Å². The lowest BCUT2D eigenvalue weighted by Gasteiger charge is -2.26. The van der Waals surface area contributed by atoms with Gasteiger partial charge in [0.1, 0.15) is 11.4 Å². The van der Waals surface area contributed by atoms with E-state index < -0.39 is 5.60 Å². The summed E-state index contributed by atoms with van der Waals surface area (Å²) in [5, 5.41) is 10.7. The van der Waals surface area contributed by atoms with Crippen LogP contribution < -0.4 is 0 Å². The zero-order valence-corrected chi connectivity index (χ0v) is 9.59. The summed E-state index contributed by atoms with van der Waals surface area (Å²) in [6.07, 6.45) is 4.15. The molecule has 0 amide bonds. The average molecular weight is 216 g/mol. The number of aliphatic hydroxyl groups is 1. The van der Waals surface area contributed by atoms with Gasteiger partial charge in [0.05, 0.1) is 0 Å². The second-order valence-electron chi connectivity index (χ2n) is 3.94. The minimum Gasteiger partial charge on any atom is -0.377 e. The molecule has 2 rings (SSSR count). The Bertz CT molecular complexity index is 464. The number of nitrogens with zero attached hydrogens (tertiary/aromatic N) is 2. The van der Waals surface area contributed by atoms with Crippen molar-refractivity contribution in [3.8, 4) is 0 Å². The molecule has 3 heteroatoms. The van der Waals surface area contributed by atoms with E-state index >= 15 is 0 Å². The van der Waals surface area contributed by atoms with Crippen molar-refractivity contribution in [2.24, 2.45) is 7.05 Å². The van der Waals surface area contributed by atoms with Crippen molar-refractivity contribution in [3.63, 3.8) is 0 Å². The van der Waals surface area contributed by atoms with Gasteiger partial charge in [0.15, 0.2) is 0 Å². The van der Waals surface area contributed by atoms with Crippen LogP contribution in [0.4, 0.5) is 0 Å². The Hall–Kier alpha value is -1.61. The van der Waals surface area contributed by atoms with E-state index in [9.17, 15) is 5.11 Å². The molecule has 0 bridgehead atoms. The van der Waals surface area contributed by atoms with Gasteiger partial charge in [0.2, 0.25) is 0 Å². The highest BCUT2D eigenvalue weighted by Gasteiger charge is 2.32. The number of imidazole rings is 1. The predicted octanol–water partition coefficient (Wildman–Crippen LogP) is 2.07. The van der Waals surface area contributed by atoms with Crippen molar-refractivity contribution in [1.82, 2.24) is 9.55 Å². The first-order valence-corrected chi connectivity index (χ1v) is 5.44. The number of benzene rings is 1. The van der Waals surface area contributed by atoms with Crippen LogP contribution in [-0.4, -0.2) is 14.7 Å². The molecule has 0 fully saturated rings. The normalized spacial score (nSPS) is 14.7. The van der Waals surface area contributed by atoms with Crippen molar-refractivity contribution in [1.29, 1.82) is 0 Å². The fourth-order valence-electron chi connectivity index (χ4n) is 1.97. The van der Waals surface area contributed by atoms with Crippen LogP contribution in [0.15, 0.2) is 42.7 Å². The minimum atomic E-state index is -1.00. The molecule has 16 heavy (non-hydrogen) atoms. The Morgan fingerprint density at radius 2 is 2.00 bits per heavy atom. The second-order valence-corrected chi connectivity index (χ2v) is 3.94. The van der Waals surface area contributed by atoms with Crippen LogP contribution in [0.25, 0.3) is 0 Å². The number of hydrogen-bond acceptors (Lipinski definition) is 2. The van der Waals surface area contributed by atoms with Gasteiger partial charge in [-0.2, -0.15) is 0 Å². The van der Waals surface area contributed by atoms with E-state index in [-0.39, 0.29) is 0 Å². The third-order valence-corrected chi connectivity index (χ3v) is 2.95. The van der Waals surface area contributed by atoms with Gasteiger partial charge in [0, 0.05) is 19.4 Å². The van der Waals surface area contributed by atoms with E-state index in [1.165, 1.54) is 0 Å². The molecule has 1 heterocycles. The first kappa shape index (κ1) is 10.9. The molecule has 1 atom stereocenters. The first-order valence-electron chi connectivity index (χ1n) is 5.44. The Morgan fingerprint density at radius 1 is 1.31 bits per heavy atom. The molecule has 1 aromatic carbocycles. The largest absolute Gasteiger partial charge is 0.377 e. The molecule has 1 aromatic heterocycles. The smallest absolute Gasteiger partial charge is 0.147 e. The maximum Gasteiger partial charge on any atom is 0.147 e. The van der Waals surface area contributed by atoms with E-state index in [1.807, 2.05) is 55.1 Å². The third kappa shape index (κ3) is 1.63. The summed E-state index contributed by atoms with van der Waals surface area (Å²) in [5.41, 5.74) is -0.119. The van der Waals surface area contributed by atoms with Crippen LogP contribution in [0.3, 0.4) is 0 Å². The van der Waals surface area contributed by atoms with Gasteiger partial charge in [-0.15, -0.1) is 0 Å². The number of hydrogen-bond donors (Lipinski definition) is 1. The molecule has 0 aliphatic carbocycles. The summed E-state index contributed by atoms with van der Waals surface area (Å²) in [4.78, 5) is 4.25. The van der Waals surface area contributed by atoms with Gasteiger partial charge in [-0.3, -0.25) is 0 Å². The predicted molar refractivity (Wildman–Crippen MR) is 62.9 cm³/mol. The number of aryl methyl sites for hydroxylation is 1. The second kappa shape index (κ2) is 4.10. The maximum atomic E-state index is 10.7. The molecule has 0 aliphatic heterocycles. The molecular formula is C13H16N2O. The molecule has 0 saturated carbocycles. The van der Waals surface area contributed by atoms with Gasteiger partial charge >= 0.3 is 0 Å². The maximum absolute atomic E-state index is 10.7. The molecule has 0 unspecified atom stereocenters. The standard InChI is InChI=1S/C13H16N2O/c1-3-13(16,11-7-5-4-6-8-11)12-14-9-10-15(12)2/h4-10,16H,3H2,1-2H3/t13-/m0/s1. The van der Waals surface area contributed by atoms with Crippen molar-refractivity contribution in [3.05, 3.63) is 54.1 Å². The fraction of sp³-hybridized carbons (Fsp3) is 0.308. The Balaban J connectivity index is 2.53.